The minimum atomic E-state index is -0.168. The number of halogens is 1. The first kappa shape index (κ1) is 11.4. The van der Waals surface area contributed by atoms with Gasteiger partial charge in [0.15, 0.2) is 0 Å². The first-order valence-electron chi connectivity index (χ1n) is 5.87. The minimum absolute atomic E-state index is 0.168. The van der Waals surface area contributed by atoms with Gasteiger partial charge in [0.2, 0.25) is 0 Å². The zero-order valence-electron chi connectivity index (χ0n) is 9.91. The fraction of sp³-hybridized carbons (Fsp3) is 0.538. The molecule has 1 aliphatic rings. The van der Waals surface area contributed by atoms with Crippen molar-refractivity contribution in [1.82, 2.24) is 5.32 Å². The number of nitrogens with one attached hydrogen (secondary N) is 1. The van der Waals surface area contributed by atoms with Gasteiger partial charge in [-0.05, 0) is 43.7 Å². The average molecular weight is 222 g/mol. The second-order valence-corrected chi connectivity index (χ2v) is 4.71. The van der Waals surface area contributed by atoms with Crippen molar-refractivity contribution in [2.45, 2.75) is 19.4 Å². The fourth-order valence-electron chi connectivity index (χ4n) is 2.42. The number of likely N-dealkylation sites (N-methyl/N-ethyl adjacent to an activating group) is 1. The van der Waals surface area contributed by atoms with E-state index in [1.165, 1.54) is 18.6 Å². The standard InChI is InChI=1S/C13H19FN2/c1-10-7-12(15-2)9-16(8-10)13-5-3-11(14)4-6-13/h3-6,10,12,15H,7-9H2,1-2H3. The predicted molar refractivity (Wildman–Crippen MR) is 65.2 cm³/mol. The maximum atomic E-state index is 12.8. The summed E-state index contributed by atoms with van der Waals surface area (Å²) in [5.41, 5.74) is 1.12. The van der Waals surface area contributed by atoms with Crippen molar-refractivity contribution < 1.29 is 4.39 Å². The van der Waals surface area contributed by atoms with Crippen molar-refractivity contribution in [3.05, 3.63) is 30.1 Å². The predicted octanol–water partition coefficient (Wildman–Crippen LogP) is 2.26. The summed E-state index contributed by atoms with van der Waals surface area (Å²) >= 11 is 0. The Kier molecular flexibility index (Phi) is 3.44. The monoisotopic (exact) mass is 222 g/mol. The lowest BCUT2D eigenvalue weighted by Gasteiger charge is -2.37. The van der Waals surface area contributed by atoms with E-state index >= 15 is 0 Å². The highest BCUT2D eigenvalue weighted by atomic mass is 19.1. The Morgan fingerprint density at radius 1 is 1.25 bits per heavy atom. The molecule has 1 aliphatic heterocycles. The molecule has 1 N–H and O–H groups in total. The SMILES string of the molecule is CNC1CC(C)CN(c2ccc(F)cc2)C1. The van der Waals surface area contributed by atoms with Gasteiger partial charge < -0.3 is 10.2 Å². The fourth-order valence-corrected chi connectivity index (χ4v) is 2.42. The number of benzene rings is 1. The Hall–Kier alpha value is -1.09. The maximum absolute atomic E-state index is 12.8. The number of hydrogen-bond donors (Lipinski definition) is 1. The number of anilines is 1. The second kappa shape index (κ2) is 4.83. The van der Waals surface area contributed by atoms with Crippen LogP contribution >= 0.6 is 0 Å². The van der Waals surface area contributed by atoms with E-state index in [4.69, 9.17) is 0 Å². The van der Waals surface area contributed by atoms with Crippen LogP contribution in [0.2, 0.25) is 0 Å². The molecule has 88 valence electrons. The third-order valence-electron chi connectivity index (χ3n) is 3.26. The molecule has 0 aromatic heterocycles. The van der Waals surface area contributed by atoms with Crippen molar-refractivity contribution in [1.29, 1.82) is 0 Å². The third-order valence-corrected chi connectivity index (χ3v) is 3.26. The lowest BCUT2D eigenvalue weighted by Crippen LogP contribution is -2.47. The zero-order valence-corrected chi connectivity index (χ0v) is 9.91. The van der Waals surface area contributed by atoms with E-state index in [2.05, 4.69) is 17.1 Å². The molecule has 3 heteroatoms. The summed E-state index contributed by atoms with van der Waals surface area (Å²) in [7, 11) is 2.01. The highest BCUT2D eigenvalue weighted by Gasteiger charge is 2.23. The number of rotatable bonds is 2. The normalized spacial score (nSPS) is 25.8. The lowest BCUT2D eigenvalue weighted by atomic mass is 9.95. The Morgan fingerprint density at radius 2 is 1.94 bits per heavy atom. The molecule has 1 saturated heterocycles. The van der Waals surface area contributed by atoms with Gasteiger partial charge in [0.05, 0.1) is 0 Å². The molecule has 2 rings (SSSR count). The molecule has 1 fully saturated rings. The Morgan fingerprint density at radius 3 is 2.56 bits per heavy atom. The van der Waals surface area contributed by atoms with E-state index < -0.39 is 0 Å². The summed E-state index contributed by atoms with van der Waals surface area (Å²) in [5.74, 6) is 0.509. The molecular weight excluding hydrogens is 203 g/mol. The number of piperidine rings is 1. The molecule has 0 radical (unpaired) electrons. The molecule has 16 heavy (non-hydrogen) atoms. The van der Waals surface area contributed by atoms with Crippen LogP contribution in [0.15, 0.2) is 24.3 Å². The molecule has 0 spiro atoms. The molecule has 1 heterocycles. The van der Waals surface area contributed by atoms with E-state index in [1.54, 1.807) is 0 Å². The first-order valence-corrected chi connectivity index (χ1v) is 5.87. The van der Waals surface area contributed by atoms with Gasteiger partial charge >= 0.3 is 0 Å². The van der Waals surface area contributed by atoms with Gasteiger partial charge in [-0.25, -0.2) is 4.39 Å². The zero-order chi connectivity index (χ0) is 11.5. The molecule has 0 aliphatic carbocycles. The van der Waals surface area contributed by atoms with Crippen LogP contribution in [-0.2, 0) is 0 Å². The van der Waals surface area contributed by atoms with E-state index in [0.29, 0.717) is 12.0 Å². The molecule has 0 saturated carbocycles. The van der Waals surface area contributed by atoms with Crippen molar-refractivity contribution in [3.63, 3.8) is 0 Å². The minimum Gasteiger partial charge on any atom is -0.370 e. The molecule has 1 aromatic rings. The van der Waals surface area contributed by atoms with Crippen molar-refractivity contribution in [2.75, 3.05) is 25.0 Å². The van der Waals surface area contributed by atoms with Gasteiger partial charge in [0.1, 0.15) is 5.82 Å². The van der Waals surface area contributed by atoms with Crippen molar-refractivity contribution in [2.24, 2.45) is 5.92 Å². The Labute approximate surface area is 96.5 Å². The topological polar surface area (TPSA) is 15.3 Å². The van der Waals surface area contributed by atoms with Gasteiger partial charge in [0.25, 0.3) is 0 Å². The molecule has 2 unspecified atom stereocenters. The summed E-state index contributed by atoms with van der Waals surface area (Å²) in [6.07, 6.45) is 1.22. The average Bonchev–Trinajstić information content (AvgIpc) is 2.29. The van der Waals surface area contributed by atoms with Gasteiger partial charge in [-0.2, -0.15) is 0 Å². The van der Waals surface area contributed by atoms with Crippen LogP contribution in [0.5, 0.6) is 0 Å². The number of hydrogen-bond acceptors (Lipinski definition) is 2. The Bertz CT molecular complexity index is 336. The largest absolute Gasteiger partial charge is 0.370 e. The maximum Gasteiger partial charge on any atom is 0.123 e. The summed E-state index contributed by atoms with van der Waals surface area (Å²) < 4.78 is 12.8. The molecule has 2 nitrogen and oxygen atoms in total. The highest BCUT2D eigenvalue weighted by Crippen LogP contribution is 2.23. The molecule has 2 atom stereocenters. The lowest BCUT2D eigenvalue weighted by molar-refractivity contribution is 0.366. The van der Waals surface area contributed by atoms with Crippen molar-refractivity contribution >= 4 is 5.69 Å². The van der Waals surface area contributed by atoms with Crippen LogP contribution in [0, 0.1) is 11.7 Å². The number of nitrogens with zero attached hydrogens (tertiary/aromatic N) is 1. The van der Waals surface area contributed by atoms with Crippen LogP contribution in [0.3, 0.4) is 0 Å². The van der Waals surface area contributed by atoms with Crippen LogP contribution in [0.25, 0.3) is 0 Å². The highest BCUT2D eigenvalue weighted by molar-refractivity contribution is 5.47. The van der Waals surface area contributed by atoms with Gasteiger partial charge in [-0.1, -0.05) is 6.92 Å². The van der Waals surface area contributed by atoms with Crippen molar-refractivity contribution in [3.8, 4) is 0 Å². The molecule has 1 aromatic carbocycles. The van der Waals surface area contributed by atoms with E-state index in [9.17, 15) is 4.39 Å². The van der Waals surface area contributed by atoms with Gasteiger partial charge in [-0.15, -0.1) is 0 Å². The van der Waals surface area contributed by atoms with E-state index in [1.807, 2.05) is 19.2 Å². The smallest absolute Gasteiger partial charge is 0.123 e. The third kappa shape index (κ3) is 2.53. The van der Waals surface area contributed by atoms with Crippen LogP contribution in [0.4, 0.5) is 10.1 Å². The van der Waals surface area contributed by atoms with Crippen LogP contribution in [-0.4, -0.2) is 26.2 Å². The molecule has 0 amide bonds. The second-order valence-electron chi connectivity index (χ2n) is 4.71. The van der Waals surface area contributed by atoms with Crippen LogP contribution < -0.4 is 10.2 Å². The summed E-state index contributed by atoms with van der Waals surface area (Å²) in [4.78, 5) is 2.33. The van der Waals surface area contributed by atoms with E-state index in [0.717, 1.165) is 18.8 Å². The molecule has 0 bridgehead atoms. The summed E-state index contributed by atoms with van der Waals surface area (Å²) in [6, 6.07) is 7.32. The first-order chi connectivity index (χ1) is 7.69. The Balaban J connectivity index is 2.11. The summed E-state index contributed by atoms with van der Waals surface area (Å²) in [6.45, 7) is 4.33. The van der Waals surface area contributed by atoms with Gasteiger partial charge in [-0.3, -0.25) is 0 Å². The summed E-state index contributed by atoms with van der Waals surface area (Å²) in [5, 5.41) is 3.33. The van der Waals surface area contributed by atoms with E-state index in [-0.39, 0.29) is 5.82 Å². The molecular formula is C13H19FN2. The quantitative estimate of drug-likeness (QED) is 0.825. The van der Waals surface area contributed by atoms with Gasteiger partial charge in [0, 0.05) is 24.8 Å². The van der Waals surface area contributed by atoms with Crippen LogP contribution in [0.1, 0.15) is 13.3 Å².